The Morgan fingerprint density at radius 3 is 2.67 bits per heavy atom. The molecule has 0 fully saturated rings. The van der Waals surface area contributed by atoms with Crippen molar-refractivity contribution in [1.82, 2.24) is 9.55 Å². The number of carbonyl (C=O) groups is 1. The van der Waals surface area contributed by atoms with Gasteiger partial charge in [0.15, 0.2) is 0 Å². The van der Waals surface area contributed by atoms with Gasteiger partial charge in [-0.3, -0.25) is 0 Å². The van der Waals surface area contributed by atoms with Crippen LogP contribution in [0.5, 0.6) is 0 Å². The largest absolute Gasteiger partial charge is 0.478 e. The van der Waals surface area contributed by atoms with Gasteiger partial charge in [0, 0.05) is 17.7 Å². The van der Waals surface area contributed by atoms with Crippen LogP contribution in [-0.2, 0) is 0 Å². The molecule has 4 nitrogen and oxygen atoms in total. The number of hydrogen-bond acceptors (Lipinski definition) is 3. The Bertz CT molecular complexity index is 649. The van der Waals surface area contributed by atoms with Gasteiger partial charge in [0.25, 0.3) is 0 Å². The topological polar surface area (TPSA) is 55.1 Å². The van der Waals surface area contributed by atoms with Crippen LogP contribution in [0.4, 0.5) is 0 Å². The molecule has 0 aliphatic rings. The van der Waals surface area contributed by atoms with Gasteiger partial charge in [-0.25, -0.2) is 9.78 Å². The van der Waals surface area contributed by atoms with Crippen LogP contribution in [-0.4, -0.2) is 32.6 Å². The average Bonchev–Trinajstić information content (AvgIpc) is 2.84. The van der Waals surface area contributed by atoms with Crippen LogP contribution in [0.1, 0.15) is 55.3 Å². The van der Waals surface area contributed by atoms with Gasteiger partial charge in [-0.1, -0.05) is 26.8 Å². The highest BCUT2D eigenvalue weighted by molar-refractivity contribution is 7.98. The molecule has 0 aliphatic heterocycles. The maximum atomic E-state index is 11.6. The van der Waals surface area contributed by atoms with Gasteiger partial charge in [0.05, 0.1) is 16.6 Å². The van der Waals surface area contributed by atoms with Crippen molar-refractivity contribution >= 4 is 28.8 Å². The fourth-order valence-corrected chi connectivity index (χ4v) is 3.45. The summed E-state index contributed by atoms with van der Waals surface area (Å²) in [5.41, 5.74) is 1.87. The van der Waals surface area contributed by atoms with Crippen molar-refractivity contribution in [1.29, 1.82) is 0 Å². The second kappa shape index (κ2) is 6.52. The van der Waals surface area contributed by atoms with Crippen LogP contribution in [0.15, 0.2) is 18.2 Å². The molecular formula is C16H22N2O2S. The van der Waals surface area contributed by atoms with Gasteiger partial charge in [0.1, 0.15) is 5.82 Å². The van der Waals surface area contributed by atoms with E-state index in [9.17, 15) is 9.90 Å². The number of fused-ring (bicyclic) bond motifs is 1. The standard InChI is InChI=1S/C16H22N2O2S/c1-5-11(9-21-4)18-14-12(16(19)20)7-6-8-13(14)17-15(18)10(2)3/h6-8,10-11H,5,9H2,1-4H3,(H,19,20). The lowest BCUT2D eigenvalue weighted by Gasteiger charge is -2.21. The van der Waals surface area contributed by atoms with Crippen LogP contribution in [0, 0.1) is 0 Å². The van der Waals surface area contributed by atoms with Gasteiger partial charge in [-0.15, -0.1) is 0 Å². The number of benzene rings is 1. The summed E-state index contributed by atoms with van der Waals surface area (Å²) in [7, 11) is 0. The summed E-state index contributed by atoms with van der Waals surface area (Å²) < 4.78 is 2.15. The van der Waals surface area contributed by atoms with Crippen LogP contribution >= 0.6 is 11.8 Å². The zero-order valence-electron chi connectivity index (χ0n) is 13.0. The number of hydrogen-bond donors (Lipinski definition) is 1. The molecule has 1 N–H and O–H groups in total. The van der Waals surface area contributed by atoms with E-state index in [4.69, 9.17) is 4.98 Å². The number of thioether (sulfide) groups is 1. The zero-order valence-corrected chi connectivity index (χ0v) is 13.8. The first-order chi connectivity index (χ1) is 10.0. The smallest absolute Gasteiger partial charge is 0.337 e. The van der Waals surface area contributed by atoms with E-state index in [0.29, 0.717) is 5.56 Å². The number of imidazole rings is 1. The quantitative estimate of drug-likeness (QED) is 0.870. The molecule has 1 heterocycles. The summed E-state index contributed by atoms with van der Waals surface area (Å²) in [5, 5.41) is 9.49. The summed E-state index contributed by atoms with van der Waals surface area (Å²) >= 11 is 1.78. The van der Waals surface area contributed by atoms with E-state index in [1.54, 1.807) is 23.9 Å². The lowest BCUT2D eigenvalue weighted by molar-refractivity contribution is 0.0698. The SMILES string of the molecule is CCC(CSC)n1c(C(C)C)nc2cccc(C(=O)O)c21. The molecule has 114 valence electrons. The predicted octanol–water partition coefficient (Wildman–Crippen LogP) is 4.17. The Morgan fingerprint density at radius 2 is 2.14 bits per heavy atom. The normalized spacial score (nSPS) is 13.0. The highest BCUT2D eigenvalue weighted by atomic mass is 32.2. The zero-order chi connectivity index (χ0) is 15.6. The Kier molecular flexibility index (Phi) is 4.93. The number of nitrogens with zero attached hydrogens (tertiary/aromatic N) is 2. The van der Waals surface area contributed by atoms with Crippen molar-refractivity contribution < 1.29 is 9.90 Å². The second-order valence-corrected chi connectivity index (χ2v) is 6.40. The molecule has 0 amide bonds. The first-order valence-corrected chi connectivity index (χ1v) is 8.63. The number of aromatic nitrogens is 2. The van der Waals surface area contributed by atoms with Crippen molar-refractivity contribution in [2.75, 3.05) is 12.0 Å². The minimum Gasteiger partial charge on any atom is -0.478 e. The number of carboxylic acid groups (broad SMARTS) is 1. The fourth-order valence-electron chi connectivity index (χ4n) is 2.68. The maximum absolute atomic E-state index is 11.6. The lowest BCUT2D eigenvalue weighted by Crippen LogP contribution is -2.16. The third-order valence-electron chi connectivity index (χ3n) is 3.68. The maximum Gasteiger partial charge on any atom is 0.337 e. The van der Waals surface area contributed by atoms with Gasteiger partial charge in [-0.2, -0.15) is 11.8 Å². The predicted molar refractivity (Wildman–Crippen MR) is 88.5 cm³/mol. The van der Waals surface area contributed by atoms with Gasteiger partial charge in [-0.05, 0) is 24.8 Å². The van der Waals surface area contributed by atoms with E-state index in [0.717, 1.165) is 29.0 Å². The van der Waals surface area contributed by atoms with Crippen LogP contribution in [0.3, 0.4) is 0 Å². The number of carboxylic acids is 1. The highest BCUT2D eigenvalue weighted by Crippen LogP contribution is 2.31. The summed E-state index contributed by atoms with van der Waals surface area (Å²) in [5.74, 6) is 1.29. The van der Waals surface area contributed by atoms with E-state index < -0.39 is 5.97 Å². The monoisotopic (exact) mass is 306 g/mol. The molecule has 0 saturated heterocycles. The summed E-state index contributed by atoms with van der Waals surface area (Å²) in [6.07, 6.45) is 3.04. The van der Waals surface area contributed by atoms with Crippen molar-refractivity contribution in [2.45, 2.75) is 39.2 Å². The molecule has 2 aromatic rings. The Balaban J connectivity index is 2.79. The van der Waals surface area contributed by atoms with Crippen molar-refractivity contribution in [3.8, 4) is 0 Å². The first-order valence-electron chi connectivity index (χ1n) is 7.24. The molecule has 1 unspecified atom stereocenters. The molecule has 0 radical (unpaired) electrons. The van der Waals surface area contributed by atoms with Crippen molar-refractivity contribution in [3.63, 3.8) is 0 Å². The number of aromatic carboxylic acids is 1. The van der Waals surface area contributed by atoms with Crippen molar-refractivity contribution in [2.24, 2.45) is 0 Å². The summed E-state index contributed by atoms with van der Waals surface area (Å²) in [6.45, 7) is 6.34. The molecule has 2 rings (SSSR count). The van der Waals surface area contributed by atoms with Crippen LogP contribution in [0.25, 0.3) is 11.0 Å². The molecule has 1 atom stereocenters. The molecule has 21 heavy (non-hydrogen) atoms. The van der Waals surface area contributed by atoms with E-state index in [1.165, 1.54) is 0 Å². The van der Waals surface area contributed by atoms with Gasteiger partial charge >= 0.3 is 5.97 Å². The van der Waals surface area contributed by atoms with E-state index in [-0.39, 0.29) is 12.0 Å². The minimum absolute atomic E-state index is 0.259. The Labute approximate surface area is 129 Å². The summed E-state index contributed by atoms with van der Waals surface area (Å²) in [4.78, 5) is 16.3. The Hall–Kier alpha value is -1.49. The molecule has 0 saturated carbocycles. The summed E-state index contributed by atoms with van der Waals surface area (Å²) in [6, 6.07) is 5.60. The van der Waals surface area contributed by atoms with Crippen LogP contribution in [0.2, 0.25) is 0 Å². The molecule has 1 aromatic heterocycles. The van der Waals surface area contributed by atoms with Gasteiger partial charge < -0.3 is 9.67 Å². The Morgan fingerprint density at radius 1 is 1.43 bits per heavy atom. The molecule has 0 aliphatic carbocycles. The number of para-hydroxylation sites is 1. The third kappa shape index (κ3) is 2.93. The second-order valence-electron chi connectivity index (χ2n) is 5.49. The number of rotatable bonds is 6. The molecule has 5 heteroatoms. The van der Waals surface area contributed by atoms with Gasteiger partial charge in [0.2, 0.25) is 0 Å². The average molecular weight is 306 g/mol. The lowest BCUT2D eigenvalue weighted by atomic mass is 10.1. The highest BCUT2D eigenvalue weighted by Gasteiger charge is 2.23. The van der Waals surface area contributed by atoms with E-state index >= 15 is 0 Å². The van der Waals surface area contributed by atoms with Crippen LogP contribution < -0.4 is 0 Å². The fraction of sp³-hybridized carbons (Fsp3) is 0.500. The third-order valence-corrected chi connectivity index (χ3v) is 4.40. The van der Waals surface area contributed by atoms with E-state index in [2.05, 4.69) is 31.6 Å². The molecule has 1 aromatic carbocycles. The molecule has 0 spiro atoms. The van der Waals surface area contributed by atoms with E-state index in [1.807, 2.05) is 6.07 Å². The first kappa shape index (κ1) is 15.9. The molecule has 0 bridgehead atoms. The minimum atomic E-state index is -0.893. The van der Waals surface area contributed by atoms with Crippen molar-refractivity contribution in [3.05, 3.63) is 29.6 Å². The molecular weight excluding hydrogens is 284 g/mol.